The molecule has 1 aromatic carbocycles. The first-order chi connectivity index (χ1) is 9.31. The van der Waals surface area contributed by atoms with Crippen LogP contribution in [0, 0.1) is 11.3 Å². The summed E-state index contributed by atoms with van der Waals surface area (Å²) in [5.74, 6) is 0.507. The number of para-hydroxylation sites is 1. The lowest BCUT2D eigenvalue weighted by Crippen LogP contribution is -2.40. The lowest BCUT2D eigenvalue weighted by molar-refractivity contribution is 0.0494. The number of alkyl carbamates (subject to hydrolysis) is 1. The highest BCUT2D eigenvalue weighted by molar-refractivity contribution is 5.68. The van der Waals surface area contributed by atoms with Gasteiger partial charge in [-0.1, -0.05) is 12.1 Å². The van der Waals surface area contributed by atoms with E-state index in [-0.39, 0.29) is 12.6 Å². The van der Waals surface area contributed by atoms with E-state index in [4.69, 9.17) is 14.7 Å². The maximum Gasteiger partial charge on any atom is 0.407 e. The Hall–Kier alpha value is -2.22. The summed E-state index contributed by atoms with van der Waals surface area (Å²) in [7, 11) is 0. The molecule has 0 fully saturated rings. The van der Waals surface area contributed by atoms with Crippen molar-refractivity contribution in [2.24, 2.45) is 0 Å². The minimum atomic E-state index is -0.530. The van der Waals surface area contributed by atoms with Gasteiger partial charge in [-0.25, -0.2) is 4.79 Å². The number of benzene rings is 1. The van der Waals surface area contributed by atoms with Crippen molar-refractivity contribution < 1.29 is 14.3 Å². The van der Waals surface area contributed by atoms with Crippen molar-refractivity contribution in [1.29, 1.82) is 5.26 Å². The molecule has 0 radical (unpaired) electrons. The molecule has 0 bridgehead atoms. The van der Waals surface area contributed by atoms with Crippen molar-refractivity contribution in [3.8, 4) is 11.8 Å². The summed E-state index contributed by atoms with van der Waals surface area (Å²) in [6.45, 7) is 7.47. The van der Waals surface area contributed by atoms with Gasteiger partial charge in [0.1, 0.15) is 24.0 Å². The van der Waals surface area contributed by atoms with Gasteiger partial charge in [-0.3, -0.25) is 0 Å². The van der Waals surface area contributed by atoms with E-state index in [1.807, 2.05) is 0 Å². The van der Waals surface area contributed by atoms with Gasteiger partial charge in [0.2, 0.25) is 0 Å². The van der Waals surface area contributed by atoms with Gasteiger partial charge in [0.15, 0.2) is 0 Å². The van der Waals surface area contributed by atoms with Crippen molar-refractivity contribution in [1.82, 2.24) is 5.32 Å². The molecule has 0 saturated heterocycles. The summed E-state index contributed by atoms with van der Waals surface area (Å²) in [5, 5.41) is 11.6. The molecule has 20 heavy (non-hydrogen) atoms. The molecule has 1 N–H and O–H groups in total. The summed E-state index contributed by atoms with van der Waals surface area (Å²) < 4.78 is 10.7. The predicted octanol–water partition coefficient (Wildman–Crippen LogP) is 2.85. The first-order valence-corrected chi connectivity index (χ1v) is 6.43. The Morgan fingerprint density at radius 3 is 2.65 bits per heavy atom. The second-order valence-electron chi connectivity index (χ2n) is 5.47. The minimum Gasteiger partial charge on any atom is -0.490 e. The molecule has 108 valence electrons. The van der Waals surface area contributed by atoms with Gasteiger partial charge < -0.3 is 14.8 Å². The van der Waals surface area contributed by atoms with E-state index in [9.17, 15) is 4.79 Å². The van der Waals surface area contributed by atoms with Crippen LogP contribution in [0.3, 0.4) is 0 Å². The van der Waals surface area contributed by atoms with Crippen LogP contribution in [0.4, 0.5) is 4.79 Å². The number of hydrogen-bond acceptors (Lipinski definition) is 4. The van der Waals surface area contributed by atoms with Gasteiger partial charge in [-0.15, -0.1) is 0 Å². The first-order valence-electron chi connectivity index (χ1n) is 6.43. The van der Waals surface area contributed by atoms with E-state index in [2.05, 4.69) is 11.4 Å². The Morgan fingerprint density at radius 1 is 1.40 bits per heavy atom. The van der Waals surface area contributed by atoms with Gasteiger partial charge in [0.05, 0.1) is 11.6 Å². The van der Waals surface area contributed by atoms with E-state index in [1.54, 1.807) is 52.0 Å². The summed E-state index contributed by atoms with van der Waals surface area (Å²) in [6, 6.07) is 8.80. The van der Waals surface area contributed by atoms with Crippen molar-refractivity contribution in [2.45, 2.75) is 39.3 Å². The van der Waals surface area contributed by atoms with E-state index >= 15 is 0 Å². The van der Waals surface area contributed by atoms with Crippen LogP contribution < -0.4 is 10.1 Å². The van der Waals surface area contributed by atoms with Gasteiger partial charge in [0, 0.05) is 0 Å². The smallest absolute Gasteiger partial charge is 0.407 e. The molecule has 0 aliphatic carbocycles. The fourth-order valence-corrected chi connectivity index (χ4v) is 1.45. The number of carbonyl (C=O) groups excluding carboxylic acids is 1. The van der Waals surface area contributed by atoms with Crippen LogP contribution in [0.5, 0.6) is 5.75 Å². The average molecular weight is 276 g/mol. The van der Waals surface area contributed by atoms with Gasteiger partial charge in [-0.2, -0.15) is 5.26 Å². The van der Waals surface area contributed by atoms with Crippen LogP contribution in [-0.4, -0.2) is 24.3 Å². The van der Waals surface area contributed by atoms with Gasteiger partial charge in [0.25, 0.3) is 0 Å². The average Bonchev–Trinajstić information content (AvgIpc) is 2.34. The monoisotopic (exact) mass is 276 g/mol. The molecule has 0 unspecified atom stereocenters. The van der Waals surface area contributed by atoms with Crippen LogP contribution in [0.2, 0.25) is 0 Å². The molecule has 0 heterocycles. The maximum absolute atomic E-state index is 11.6. The summed E-state index contributed by atoms with van der Waals surface area (Å²) in [5.41, 5.74) is -0.0603. The summed E-state index contributed by atoms with van der Waals surface area (Å²) in [6.07, 6.45) is -0.484. The summed E-state index contributed by atoms with van der Waals surface area (Å²) in [4.78, 5) is 11.6. The van der Waals surface area contributed by atoms with Crippen LogP contribution in [-0.2, 0) is 4.74 Å². The summed E-state index contributed by atoms with van der Waals surface area (Å²) >= 11 is 0. The second-order valence-corrected chi connectivity index (χ2v) is 5.47. The van der Waals surface area contributed by atoms with Crippen LogP contribution in [0.1, 0.15) is 33.3 Å². The standard InChI is InChI=1S/C15H20N2O3/c1-11(17-14(18)20-15(2,3)4)10-19-13-8-6-5-7-12(13)9-16/h5-8,11H,10H2,1-4H3,(H,17,18)/t11-/m1/s1. The molecule has 1 amide bonds. The molecular weight excluding hydrogens is 256 g/mol. The quantitative estimate of drug-likeness (QED) is 0.917. The van der Waals surface area contributed by atoms with Crippen LogP contribution in [0.15, 0.2) is 24.3 Å². The predicted molar refractivity (Wildman–Crippen MR) is 75.5 cm³/mol. The highest BCUT2D eigenvalue weighted by Gasteiger charge is 2.18. The number of carbonyl (C=O) groups is 1. The van der Waals surface area contributed by atoms with Crippen LogP contribution in [0.25, 0.3) is 0 Å². The van der Waals surface area contributed by atoms with Crippen molar-refractivity contribution in [2.75, 3.05) is 6.61 Å². The Balaban J connectivity index is 2.46. The third kappa shape index (κ3) is 5.61. The number of ether oxygens (including phenoxy) is 2. The number of amides is 1. The molecule has 0 spiro atoms. The molecule has 0 aliphatic rings. The number of nitrogens with one attached hydrogen (secondary N) is 1. The van der Waals surface area contributed by atoms with Gasteiger partial charge in [-0.05, 0) is 39.8 Å². The number of hydrogen-bond donors (Lipinski definition) is 1. The third-order valence-corrected chi connectivity index (χ3v) is 2.26. The molecular formula is C15H20N2O3. The molecule has 0 aliphatic heterocycles. The molecule has 1 aromatic rings. The van der Waals surface area contributed by atoms with Crippen molar-refractivity contribution >= 4 is 6.09 Å². The highest BCUT2D eigenvalue weighted by atomic mass is 16.6. The molecule has 0 aromatic heterocycles. The number of nitriles is 1. The fourth-order valence-electron chi connectivity index (χ4n) is 1.45. The van der Waals surface area contributed by atoms with E-state index in [0.29, 0.717) is 11.3 Å². The largest absolute Gasteiger partial charge is 0.490 e. The minimum absolute atomic E-state index is 0.225. The van der Waals surface area contributed by atoms with Crippen molar-refractivity contribution in [3.05, 3.63) is 29.8 Å². The Morgan fingerprint density at radius 2 is 2.05 bits per heavy atom. The molecule has 0 saturated carbocycles. The Labute approximate surface area is 119 Å². The molecule has 1 rings (SSSR count). The third-order valence-electron chi connectivity index (χ3n) is 2.26. The normalized spacial score (nSPS) is 12.2. The van der Waals surface area contributed by atoms with E-state index in [1.165, 1.54) is 0 Å². The lowest BCUT2D eigenvalue weighted by Gasteiger charge is -2.22. The molecule has 5 heteroatoms. The zero-order valence-electron chi connectivity index (χ0n) is 12.3. The second kappa shape index (κ2) is 6.80. The SMILES string of the molecule is C[C@H](COc1ccccc1C#N)NC(=O)OC(C)(C)C. The maximum atomic E-state index is 11.6. The first kappa shape index (κ1) is 15.8. The zero-order chi connectivity index (χ0) is 15.2. The number of rotatable bonds is 4. The highest BCUT2D eigenvalue weighted by Crippen LogP contribution is 2.16. The number of nitrogens with zero attached hydrogens (tertiary/aromatic N) is 1. The lowest BCUT2D eigenvalue weighted by atomic mass is 10.2. The fraction of sp³-hybridized carbons (Fsp3) is 0.467. The Kier molecular flexibility index (Phi) is 5.39. The van der Waals surface area contributed by atoms with E-state index in [0.717, 1.165) is 0 Å². The topological polar surface area (TPSA) is 71.3 Å². The molecule has 5 nitrogen and oxygen atoms in total. The van der Waals surface area contributed by atoms with Crippen molar-refractivity contribution in [3.63, 3.8) is 0 Å². The molecule has 1 atom stereocenters. The van der Waals surface area contributed by atoms with E-state index < -0.39 is 11.7 Å². The Bertz CT molecular complexity index is 501. The van der Waals surface area contributed by atoms with Gasteiger partial charge >= 0.3 is 6.09 Å². The zero-order valence-corrected chi connectivity index (χ0v) is 12.3. The van der Waals surface area contributed by atoms with Crippen LogP contribution >= 0.6 is 0 Å².